The Balaban J connectivity index is 1.19. The van der Waals surface area contributed by atoms with Gasteiger partial charge in [0.1, 0.15) is 0 Å². The molecule has 2 aliphatic carbocycles. The number of allylic oxidation sites excluding steroid dienone is 2. The zero-order valence-corrected chi connectivity index (χ0v) is 19.2. The quantitative estimate of drug-likeness (QED) is 0.293. The van der Waals surface area contributed by atoms with Crippen LogP contribution in [0, 0.1) is 6.92 Å². The van der Waals surface area contributed by atoms with Crippen molar-refractivity contribution in [3.63, 3.8) is 0 Å². The van der Waals surface area contributed by atoms with Crippen molar-refractivity contribution < 1.29 is 0 Å². The summed E-state index contributed by atoms with van der Waals surface area (Å²) in [4.78, 5) is 0. The Morgan fingerprint density at radius 2 is 1.41 bits per heavy atom. The highest BCUT2D eigenvalue weighted by Gasteiger charge is 2.24. The van der Waals surface area contributed by atoms with E-state index in [1.807, 2.05) is 0 Å². The molecular weight excluding hydrogens is 410 g/mol. The monoisotopic (exact) mass is 435 g/mol. The average molecular weight is 436 g/mol. The van der Waals surface area contributed by atoms with Crippen LogP contribution in [0.2, 0.25) is 0 Å². The first kappa shape index (κ1) is 19.4. The molecule has 34 heavy (non-hydrogen) atoms. The van der Waals surface area contributed by atoms with Crippen LogP contribution in [-0.2, 0) is 0 Å². The maximum Gasteiger partial charge on any atom is 0.0482 e. The molecule has 1 atom stereocenters. The molecule has 0 fully saturated rings. The van der Waals surface area contributed by atoms with Crippen molar-refractivity contribution in [3.8, 4) is 22.3 Å². The number of hydrogen-bond acceptors (Lipinski definition) is 1. The van der Waals surface area contributed by atoms with E-state index in [1.54, 1.807) is 0 Å². The van der Waals surface area contributed by atoms with E-state index in [4.69, 9.17) is 0 Å². The van der Waals surface area contributed by atoms with Crippen molar-refractivity contribution in [2.75, 3.05) is 5.32 Å². The molecule has 2 aliphatic rings. The minimum Gasteiger partial charge on any atom is -0.378 e. The highest BCUT2D eigenvalue weighted by Crippen LogP contribution is 2.49. The Morgan fingerprint density at radius 3 is 2.24 bits per heavy atom. The summed E-state index contributed by atoms with van der Waals surface area (Å²) in [5.74, 6) is 0. The minimum absolute atomic E-state index is 0.287. The molecule has 0 aromatic heterocycles. The highest BCUT2D eigenvalue weighted by molar-refractivity contribution is 6.16. The second-order valence-corrected chi connectivity index (χ2v) is 9.40. The second-order valence-electron chi connectivity index (χ2n) is 9.40. The van der Waals surface area contributed by atoms with Crippen molar-refractivity contribution >= 4 is 32.8 Å². The van der Waals surface area contributed by atoms with Crippen molar-refractivity contribution in [2.45, 2.75) is 19.4 Å². The van der Waals surface area contributed by atoms with Crippen LogP contribution in [0.3, 0.4) is 0 Å². The molecule has 7 rings (SSSR count). The molecule has 1 nitrogen and oxygen atoms in total. The van der Waals surface area contributed by atoms with Crippen molar-refractivity contribution in [3.05, 3.63) is 120 Å². The molecule has 5 aromatic carbocycles. The summed E-state index contributed by atoms with van der Waals surface area (Å²) in [6.45, 7) is 2.26. The molecule has 0 spiro atoms. The Labute approximate surface area is 200 Å². The van der Waals surface area contributed by atoms with Gasteiger partial charge in [0.05, 0.1) is 0 Å². The number of anilines is 1. The summed E-state index contributed by atoms with van der Waals surface area (Å²) in [6.07, 6.45) is 7.95. The lowest BCUT2D eigenvalue weighted by Crippen LogP contribution is -2.18. The fraction of sp³-hybridized carbons (Fsp3) is 0.0909. The third-order valence-corrected chi connectivity index (χ3v) is 7.47. The van der Waals surface area contributed by atoms with E-state index in [0.29, 0.717) is 0 Å². The number of fused-ring (bicyclic) bond motifs is 4. The first-order valence-corrected chi connectivity index (χ1v) is 12.1. The summed E-state index contributed by atoms with van der Waals surface area (Å²) >= 11 is 0. The molecule has 0 heterocycles. The average Bonchev–Trinajstić information content (AvgIpc) is 3.22. The summed E-state index contributed by atoms with van der Waals surface area (Å²) < 4.78 is 0. The van der Waals surface area contributed by atoms with Gasteiger partial charge in [0.15, 0.2) is 0 Å². The molecular formula is C33H25N. The summed E-state index contributed by atoms with van der Waals surface area (Å²) in [5, 5.41) is 9.13. The van der Waals surface area contributed by atoms with E-state index in [2.05, 4.69) is 121 Å². The largest absolute Gasteiger partial charge is 0.378 e. The van der Waals surface area contributed by atoms with Crippen molar-refractivity contribution in [2.24, 2.45) is 0 Å². The summed E-state index contributed by atoms with van der Waals surface area (Å²) in [7, 11) is 0. The van der Waals surface area contributed by atoms with Gasteiger partial charge in [-0.3, -0.25) is 0 Å². The molecule has 0 amide bonds. The molecule has 0 aliphatic heterocycles. The molecule has 1 unspecified atom stereocenters. The van der Waals surface area contributed by atoms with Gasteiger partial charge < -0.3 is 5.32 Å². The van der Waals surface area contributed by atoms with Gasteiger partial charge in [-0.15, -0.1) is 0 Å². The van der Waals surface area contributed by atoms with Crippen molar-refractivity contribution in [1.29, 1.82) is 0 Å². The minimum atomic E-state index is 0.287. The number of benzene rings is 5. The fourth-order valence-corrected chi connectivity index (χ4v) is 5.82. The fourth-order valence-electron chi connectivity index (χ4n) is 5.82. The standard InChI is InChI=1S/C33H25N/c1-21-31(20-19-29-28-13-5-9-24-10-6-14-30(32(21)29)33(24)28)34-25-17-15-23(16-18-25)27-12-4-8-22-7-2-3-11-26(22)27/h2-17,19-20,25,34H,18H2,1H3. The van der Waals surface area contributed by atoms with Crippen LogP contribution in [0.15, 0.2) is 109 Å². The molecule has 1 N–H and O–H groups in total. The van der Waals surface area contributed by atoms with E-state index < -0.39 is 0 Å². The van der Waals surface area contributed by atoms with Crippen LogP contribution in [0.4, 0.5) is 5.69 Å². The van der Waals surface area contributed by atoms with Crippen molar-refractivity contribution in [1.82, 2.24) is 0 Å². The van der Waals surface area contributed by atoms with E-state index in [9.17, 15) is 0 Å². The normalized spacial score (nSPS) is 16.0. The van der Waals surface area contributed by atoms with Gasteiger partial charge in [-0.2, -0.15) is 0 Å². The Morgan fingerprint density at radius 1 is 0.676 bits per heavy atom. The first-order valence-electron chi connectivity index (χ1n) is 12.1. The predicted octanol–water partition coefficient (Wildman–Crippen LogP) is 8.77. The summed E-state index contributed by atoms with van der Waals surface area (Å²) in [6, 6.07) is 33.4. The van der Waals surface area contributed by atoms with Crippen LogP contribution >= 0.6 is 0 Å². The van der Waals surface area contributed by atoms with Gasteiger partial charge >= 0.3 is 0 Å². The third kappa shape index (κ3) is 2.87. The smallest absolute Gasteiger partial charge is 0.0482 e. The highest BCUT2D eigenvalue weighted by atomic mass is 14.9. The van der Waals surface area contributed by atoms with Gasteiger partial charge in [0.2, 0.25) is 0 Å². The number of hydrogen-bond donors (Lipinski definition) is 1. The third-order valence-electron chi connectivity index (χ3n) is 7.47. The molecule has 5 aromatic rings. The molecule has 1 heteroatoms. The first-order chi connectivity index (χ1) is 16.8. The van der Waals surface area contributed by atoms with Gasteiger partial charge in [-0.25, -0.2) is 0 Å². The zero-order valence-electron chi connectivity index (χ0n) is 19.2. The molecule has 0 radical (unpaired) electrons. The molecule has 0 saturated carbocycles. The maximum atomic E-state index is 3.82. The van der Waals surface area contributed by atoms with E-state index in [0.717, 1.165) is 6.42 Å². The maximum absolute atomic E-state index is 3.82. The van der Waals surface area contributed by atoms with Crippen LogP contribution in [-0.4, -0.2) is 6.04 Å². The van der Waals surface area contributed by atoms with E-state index >= 15 is 0 Å². The molecule has 0 bridgehead atoms. The van der Waals surface area contributed by atoms with Crippen LogP contribution in [0.1, 0.15) is 17.5 Å². The van der Waals surface area contributed by atoms with Crippen LogP contribution in [0.25, 0.3) is 49.4 Å². The van der Waals surface area contributed by atoms with E-state index in [-0.39, 0.29) is 6.04 Å². The second kappa shape index (κ2) is 7.46. The number of nitrogens with one attached hydrogen (secondary N) is 1. The lowest BCUT2D eigenvalue weighted by molar-refractivity contribution is 0.884. The van der Waals surface area contributed by atoms with Crippen LogP contribution < -0.4 is 5.32 Å². The van der Waals surface area contributed by atoms with Gasteiger partial charge in [-0.1, -0.05) is 103 Å². The SMILES string of the molecule is Cc1c(NC2C=CC(c3cccc4ccccc34)=CC2)ccc2c1-c1cccc3cccc-2c13. The zero-order chi connectivity index (χ0) is 22.6. The van der Waals surface area contributed by atoms with E-state index in [1.165, 1.54) is 66.2 Å². The predicted molar refractivity (Wildman–Crippen MR) is 146 cm³/mol. The van der Waals surface area contributed by atoms with Gasteiger partial charge in [-0.05, 0) is 79.9 Å². The van der Waals surface area contributed by atoms with Crippen LogP contribution in [0.5, 0.6) is 0 Å². The molecule has 0 saturated heterocycles. The number of rotatable bonds is 3. The topological polar surface area (TPSA) is 12.0 Å². The van der Waals surface area contributed by atoms with Gasteiger partial charge in [0, 0.05) is 11.7 Å². The summed E-state index contributed by atoms with van der Waals surface area (Å²) in [5.41, 5.74) is 10.6. The lowest BCUT2D eigenvalue weighted by atomic mass is 9.92. The molecule has 162 valence electrons. The lowest BCUT2D eigenvalue weighted by Gasteiger charge is -2.22. The Hall–Kier alpha value is -4.10. The Kier molecular flexibility index (Phi) is 4.25. The Bertz CT molecular complexity index is 1660. The van der Waals surface area contributed by atoms with Gasteiger partial charge in [0.25, 0.3) is 0 Å².